The summed E-state index contributed by atoms with van der Waals surface area (Å²) < 4.78 is 4.93. The lowest BCUT2D eigenvalue weighted by atomic mass is 10.2. The Hall–Kier alpha value is -1.62. The van der Waals surface area contributed by atoms with Crippen LogP contribution in [0.1, 0.15) is 11.3 Å². The summed E-state index contributed by atoms with van der Waals surface area (Å²) in [4.78, 5) is 3.92. The Morgan fingerprint density at radius 1 is 1.77 bits per heavy atom. The molecule has 13 heavy (non-hydrogen) atoms. The third kappa shape index (κ3) is 2.41. The van der Waals surface area contributed by atoms with Crippen LogP contribution in [0.25, 0.3) is 0 Å². The van der Waals surface area contributed by atoms with Crippen molar-refractivity contribution in [3.05, 3.63) is 29.6 Å². The molecule has 1 aromatic heterocycles. The summed E-state index contributed by atoms with van der Waals surface area (Å²) >= 11 is 0. The minimum Gasteiger partial charge on any atom is -0.409 e. The zero-order valence-corrected chi connectivity index (χ0v) is 7.27. The highest BCUT2D eigenvalue weighted by Gasteiger charge is 2.01. The first-order valence-electron chi connectivity index (χ1n) is 3.69. The quantitative estimate of drug-likeness (QED) is 0.304. The maximum absolute atomic E-state index is 8.40. The van der Waals surface area contributed by atoms with Gasteiger partial charge in [0, 0.05) is 13.3 Å². The molecule has 0 saturated heterocycles. The fourth-order valence-electron chi connectivity index (χ4n) is 0.922. The predicted molar refractivity (Wildman–Crippen MR) is 47.5 cm³/mol. The molecule has 70 valence electrons. The molecule has 1 rings (SSSR count). The fourth-order valence-corrected chi connectivity index (χ4v) is 0.922. The van der Waals surface area contributed by atoms with E-state index in [2.05, 4.69) is 10.1 Å². The van der Waals surface area contributed by atoms with Crippen LogP contribution in [-0.4, -0.2) is 23.1 Å². The summed E-state index contributed by atoms with van der Waals surface area (Å²) in [6.07, 6.45) is 1.59. The molecular weight excluding hydrogens is 170 g/mol. The number of hydrogen-bond acceptors (Lipinski definition) is 4. The van der Waals surface area contributed by atoms with E-state index in [4.69, 9.17) is 15.7 Å². The van der Waals surface area contributed by atoms with Gasteiger partial charge in [0.2, 0.25) is 0 Å². The molecule has 1 heterocycles. The van der Waals surface area contributed by atoms with E-state index in [0.29, 0.717) is 12.3 Å². The van der Waals surface area contributed by atoms with Crippen molar-refractivity contribution >= 4 is 5.84 Å². The number of nitrogens with zero attached hydrogens (tertiary/aromatic N) is 2. The Labute approximate surface area is 75.8 Å². The van der Waals surface area contributed by atoms with Crippen molar-refractivity contribution < 1.29 is 9.94 Å². The first-order valence-corrected chi connectivity index (χ1v) is 3.69. The van der Waals surface area contributed by atoms with E-state index >= 15 is 0 Å². The van der Waals surface area contributed by atoms with Crippen LogP contribution in [0, 0.1) is 0 Å². The van der Waals surface area contributed by atoms with E-state index in [1.807, 2.05) is 0 Å². The van der Waals surface area contributed by atoms with Crippen molar-refractivity contribution in [2.75, 3.05) is 7.11 Å². The number of oxime groups is 1. The van der Waals surface area contributed by atoms with E-state index in [1.165, 1.54) is 0 Å². The van der Waals surface area contributed by atoms with Crippen LogP contribution >= 0.6 is 0 Å². The van der Waals surface area contributed by atoms with Crippen LogP contribution in [0.2, 0.25) is 0 Å². The Morgan fingerprint density at radius 2 is 2.54 bits per heavy atom. The third-order valence-electron chi connectivity index (χ3n) is 1.51. The number of methoxy groups -OCH3 is 1. The van der Waals surface area contributed by atoms with E-state index in [-0.39, 0.29) is 5.84 Å². The van der Waals surface area contributed by atoms with Crippen LogP contribution in [0.15, 0.2) is 23.5 Å². The summed E-state index contributed by atoms with van der Waals surface area (Å²) in [7, 11) is 1.60. The fraction of sp³-hybridized carbons (Fsp3) is 0.250. The molecule has 0 amide bonds. The standard InChI is InChI=1S/C8H11N3O2/c1-13-5-6-2-3-10-7(4-6)8(9)11-12/h2-4,12H,5H2,1H3,(H2,9,11). The van der Waals surface area contributed by atoms with Crippen molar-refractivity contribution in [1.82, 2.24) is 4.98 Å². The molecule has 5 nitrogen and oxygen atoms in total. The van der Waals surface area contributed by atoms with Gasteiger partial charge in [0.25, 0.3) is 0 Å². The minimum absolute atomic E-state index is 0.00190. The zero-order chi connectivity index (χ0) is 9.68. The second kappa shape index (κ2) is 4.42. The SMILES string of the molecule is COCc1ccnc(C(N)=NO)c1. The van der Waals surface area contributed by atoms with Gasteiger partial charge in [0.15, 0.2) is 5.84 Å². The van der Waals surface area contributed by atoms with Gasteiger partial charge in [-0.3, -0.25) is 4.98 Å². The molecule has 0 spiro atoms. The Balaban J connectivity index is 2.91. The monoisotopic (exact) mass is 181 g/mol. The number of hydrogen-bond donors (Lipinski definition) is 2. The largest absolute Gasteiger partial charge is 0.409 e. The highest BCUT2D eigenvalue weighted by Crippen LogP contribution is 2.02. The molecule has 0 saturated carbocycles. The Bertz CT molecular complexity index is 312. The van der Waals surface area contributed by atoms with Crippen molar-refractivity contribution in [2.24, 2.45) is 10.9 Å². The van der Waals surface area contributed by atoms with Crippen LogP contribution in [0.5, 0.6) is 0 Å². The number of nitrogens with two attached hydrogens (primary N) is 1. The lowest BCUT2D eigenvalue weighted by molar-refractivity contribution is 0.185. The molecule has 0 fully saturated rings. The van der Waals surface area contributed by atoms with Crippen molar-refractivity contribution in [2.45, 2.75) is 6.61 Å². The third-order valence-corrected chi connectivity index (χ3v) is 1.51. The summed E-state index contributed by atoms with van der Waals surface area (Å²) in [5.41, 5.74) is 6.73. The Kier molecular flexibility index (Phi) is 3.22. The molecular formula is C8H11N3O2. The topological polar surface area (TPSA) is 80.7 Å². The van der Waals surface area contributed by atoms with Crippen LogP contribution in [-0.2, 0) is 11.3 Å². The molecule has 1 aromatic rings. The lowest BCUT2D eigenvalue weighted by Crippen LogP contribution is -2.15. The van der Waals surface area contributed by atoms with E-state index in [0.717, 1.165) is 5.56 Å². The predicted octanol–water partition coefficient (Wildman–Crippen LogP) is 0.323. The molecule has 0 radical (unpaired) electrons. The van der Waals surface area contributed by atoms with Gasteiger partial charge in [0.05, 0.1) is 6.61 Å². The van der Waals surface area contributed by atoms with Crippen LogP contribution < -0.4 is 5.73 Å². The lowest BCUT2D eigenvalue weighted by Gasteiger charge is -2.01. The first-order chi connectivity index (χ1) is 6.27. The maximum atomic E-state index is 8.40. The molecule has 0 aromatic carbocycles. The van der Waals surface area contributed by atoms with E-state index in [1.54, 1.807) is 25.4 Å². The highest BCUT2D eigenvalue weighted by atomic mass is 16.5. The number of pyridine rings is 1. The highest BCUT2D eigenvalue weighted by molar-refractivity contribution is 5.95. The summed E-state index contributed by atoms with van der Waals surface area (Å²) in [5.74, 6) is -0.00190. The number of ether oxygens (including phenoxy) is 1. The maximum Gasteiger partial charge on any atom is 0.188 e. The summed E-state index contributed by atoms with van der Waals surface area (Å²) in [6.45, 7) is 0.480. The van der Waals surface area contributed by atoms with Gasteiger partial charge in [-0.25, -0.2) is 0 Å². The average Bonchev–Trinajstić information content (AvgIpc) is 2.18. The summed E-state index contributed by atoms with van der Waals surface area (Å²) in [6, 6.07) is 3.51. The smallest absolute Gasteiger partial charge is 0.188 e. The molecule has 3 N–H and O–H groups in total. The van der Waals surface area contributed by atoms with Crippen molar-refractivity contribution in [3.8, 4) is 0 Å². The molecule has 0 aliphatic carbocycles. The minimum atomic E-state index is -0.00190. The second-order valence-corrected chi connectivity index (χ2v) is 2.47. The van der Waals surface area contributed by atoms with Gasteiger partial charge in [0.1, 0.15) is 5.69 Å². The van der Waals surface area contributed by atoms with Crippen molar-refractivity contribution in [1.29, 1.82) is 0 Å². The number of amidine groups is 1. The van der Waals surface area contributed by atoms with Gasteiger partial charge in [-0.15, -0.1) is 0 Å². The van der Waals surface area contributed by atoms with Gasteiger partial charge >= 0.3 is 0 Å². The zero-order valence-electron chi connectivity index (χ0n) is 7.27. The molecule has 0 aliphatic rings. The molecule has 0 aliphatic heterocycles. The molecule has 5 heteroatoms. The van der Waals surface area contributed by atoms with E-state index in [9.17, 15) is 0 Å². The first kappa shape index (κ1) is 9.47. The van der Waals surface area contributed by atoms with Crippen molar-refractivity contribution in [3.63, 3.8) is 0 Å². The van der Waals surface area contributed by atoms with Gasteiger partial charge < -0.3 is 15.7 Å². The number of aromatic nitrogens is 1. The molecule has 0 atom stereocenters. The van der Waals surface area contributed by atoms with Crippen LogP contribution in [0.3, 0.4) is 0 Å². The van der Waals surface area contributed by atoms with Gasteiger partial charge in [-0.2, -0.15) is 0 Å². The average molecular weight is 181 g/mol. The normalized spacial score (nSPS) is 11.6. The van der Waals surface area contributed by atoms with Gasteiger partial charge in [-0.05, 0) is 17.7 Å². The number of rotatable bonds is 3. The Morgan fingerprint density at radius 3 is 3.15 bits per heavy atom. The molecule has 0 bridgehead atoms. The van der Waals surface area contributed by atoms with Gasteiger partial charge in [-0.1, -0.05) is 5.16 Å². The summed E-state index contributed by atoms with van der Waals surface area (Å²) in [5, 5.41) is 11.3. The molecule has 0 unspecified atom stereocenters. The van der Waals surface area contributed by atoms with E-state index < -0.39 is 0 Å². The second-order valence-electron chi connectivity index (χ2n) is 2.47. The van der Waals surface area contributed by atoms with Crippen LogP contribution in [0.4, 0.5) is 0 Å².